The molecule has 34 heavy (non-hydrogen) atoms. The van der Waals surface area contributed by atoms with Crippen LogP contribution in [0, 0.1) is 0 Å². The molecule has 0 fully saturated rings. The summed E-state index contributed by atoms with van der Waals surface area (Å²) in [4.78, 5) is 25.4. The number of hydrogen-bond acceptors (Lipinski definition) is 7. The Morgan fingerprint density at radius 2 is 1.85 bits per heavy atom. The van der Waals surface area contributed by atoms with E-state index in [2.05, 4.69) is 0 Å². The number of quaternary nitrogens is 1. The number of allylic oxidation sites excluding steroid dienone is 1. The summed E-state index contributed by atoms with van der Waals surface area (Å²) in [6.07, 6.45) is 3.88. The Hall–Kier alpha value is -3.04. The first kappa shape index (κ1) is 25.6. The highest BCUT2D eigenvalue weighted by Crippen LogP contribution is 2.50. The van der Waals surface area contributed by atoms with Crippen molar-refractivity contribution in [3.05, 3.63) is 52.6 Å². The number of rotatable bonds is 7. The highest BCUT2D eigenvalue weighted by atomic mass is 79.9. The van der Waals surface area contributed by atoms with Gasteiger partial charge in [0.15, 0.2) is 23.8 Å². The third-order valence-electron chi connectivity index (χ3n) is 6.14. The van der Waals surface area contributed by atoms with Crippen LogP contribution in [0.15, 0.2) is 30.3 Å². The number of methoxy groups -OCH3 is 3. The van der Waals surface area contributed by atoms with Crippen molar-refractivity contribution in [2.75, 3.05) is 48.3 Å². The minimum absolute atomic E-state index is 0. The standard InChI is InChI=1S/C25H28NO7.BrH/c1-26(14-21(28)30-3)11-10-18-19(13-26)23(31-4)25-24(32-15-33-25)22(18)20(27)9-8-16-6-5-7-17(12-16)29-2;/h5-9,12H,10-11,13-15H2,1-4H3;1H/q+1;/p-1/b9-8+;. The van der Waals surface area contributed by atoms with Crippen LogP contribution >= 0.6 is 0 Å². The van der Waals surface area contributed by atoms with Crippen molar-refractivity contribution in [1.29, 1.82) is 0 Å². The molecule has 0 N–H and O–H groups in total. The Bertz CT molecular complexity index is 1130. The highest BCUT2D eigenvalue weighted by molar-refractivity contribution is 6.11. The average Bonchev–Trinajstić information content (AvgIpc) is 3.30. The molecule has 0 amide bonds. The first-order valence-electron chi connectivity index (χ1n) is 10.7. The lowest BCUT2D eigenvalue weighted by molar-refractivity contribution is -0.917. The van der Waals surface area contributed by atoms with E-state index in [1.807, 2.05) is 31.3 Å². The van der Waals surface area contributed by atoms with E-state index in [0.29, 0.717) is 52.6 Å². The van der Waals surface area contributed by atoms with Gasteiger partial charge >= 0.3 is 5.97 Å². The molecule has 1 atom stereocenters. The summed E-state index contributed by atoms with van der Waals surface area (Å²) >= 11 is 0. The van der Waals surface area contributed by atoms with Crippen LogP contribution in [0.1, 0.15) is 27.0 Å². The molecule has 2 aromatic carbocycles. The van der Waals surface area contributed by atoms with Gasteiger partial charge in [-0.15, -0.1) is 0 Å². The fraction of sp³-hybridized carbons (Fsp3) is 0.360. The van der Waals surface area contributed by atoms with Gasteiger partial charge in [-0.25, -0.2) is 4.79 Å². The number of hydrogen-bond donors (Lipinski definition) is 0. The Morgan fingerprint density at radius 1 is 1.09 bits per heavy atom. The lowest BCUT2D eigenvalue weighted by Gasteiger charge is -2.38. The van der Waals surface area contributed by atoms with E-state index in [9.17, 15) is 9.59 Å². The number of carbonyl (C=O) groups is 2. The molecular formula is C25H28BrNO7. The maximum atomic E-state index is 13.4. The van der Waals surface area contributed by atoms with Crippen LogP contribution in [0.25, 0.3) is 6.08 Å². The van der Waals surface area contributed by atoms with Crippen molar-refractivity contribution < 1.29 is 54.7 Å². The van der Waals surface area contributed by atoms with Crippen LogP contribution in [-0.4, -0.2) is 64.5 Å². The highest BCUT2D eigenvalue weighted by Gasteiger charge is 2.40. The summed E-state index contributed by atoms with van der Waals surface area (Å²) < 4.78 is 27.7. The van der Waals surface area contributed by atoms with E-state index in [1.165, 1.54) is 13.2 Å². The molecule has 8 nitrogen and oxygen atoms in total. The maximum Gasteiger partial charge on any atom is 0.361 e. The third-order valence-corrected chi connectivity index (χ3v) is 6.14. The average molecular weight is 534 g/mol. The van der Waals surface area contributed by atoms with E-state index in [4.69, 9.17) is 23.7 Å². The number of esters is 1. The monoisotopic (exact) mass is 533 g/mol. The van der Waals surface area contributed by atoms with Gasteiger partial charge < -0.3 is 45.1 Å². The van der Waals surface area contributed by atoms with Gasteiger partial charge in [-0.05, 0) is 29.3 Å². The molecule has 9 heteroatoms. The van der Waals surface area contributed by atoms with Crippen LogP contribution in [0.2, 0.25) is 0 Å². The van der Waals surface area contributed by atoms with Crippen molar-refractivity contribution in [3.63, 3.8) is 0 Å². The zero-order chi connectivity index (χ0) is 23.6. The Labute approximate surface area is 209 Å². The predicted molar refractivity (Wildman–Crippen MR) is 121 cm³/mol. The predicted octanol–water partition coefficient (Wildman–Crippen LogP) is 0.00830. The minimum atomic E-state index is -0.279. The van der Waals surface area contributed by atoms with E-state index in [0.717, 1.165) is 16.7 Å². The largest absolute Gasteiger partial charge is 1.00 e. The van der Waals surface area contributed by atoms with Crippen LogP contribution in [0.3, 0.4) is 0 Å². The molecule has 2 heterocycles. The van der Waals surface area contributed by atoms with Crippen LogP contribution in [-0.2, 0) is 22.5 Å². The molecule has 2 aliphatic heterocycles. The summed E-state index contributed by atoms with van der Waals surface area (Å²) in [5, 5.41) is 0. The molecule has 0 bridgehead atoms. The summed E-state index contributed by atoms with van der Waals surface area (Å²) in [6.45, 7) is 1.42. The van der Waals surface area contributed by atoms with Gasteiger partial charge in [0, 0.05) is 6.42 Å². The molecule has 2 aliphatic rings. The second-order valence-corrected chi connectivity index (χ2v) is 8.39. The van der Waals surface area contributed by atoms with Gasteiger partial charge in [0.1, 0.15) is 12.3 Å². The Kier molecular flexibility index (Phi) is 7.89. The Balaban J connectivity index is 0.00000324. The number of carbonyl (C=O) groups excluding carboxylic acids is 2. The number of ether oxygens (including phenoxy) is 5. The molecular weight excluding hydrogens is 506 g/mol. The lowest BCUT2D eigenvalue weighted by Crippen LogP contribution is -3.00. The van der Waals surface area contributed by atoms with Crippen LogP contribution in [0.5, 0.6) is 23.0 Å². The molecule has 0 radical (unpaired) electrons. The molecule has 4 rings (SSSR count). The first-order valence-corrected chi connectivity index (χ1v) is 10.7. The fourth-order valence-electron chi connectivity index (χ4n) is 4.47. The summed E-state index contributed by atoms with van der Waals surface area (Å²) in [5.74, 6) is 1.66. The second-order valence-electron chi connectivity index (χ2n) is 8.39. The van der Waals surface area contributed by atoms with Crippen molar-refractivity contribution >= 4 is 17.8 Å². The number of likely N-dealkylation sites (N-methyl/N-ethyl adjacent to an activating group) is 1. The van der Waals surface area contributed by atoms with Crippen LogP contribution < -0.4 is 35.9 Å². The zero-order valence-corrected chi connectivity index (χ0v) is 21.3. The van der Waals surface area contributed by atoms with E-state index in [1.54, 1.807) is 20.3 Å². The van der Waals surface area contributed by atoms with Gasteiger partial charge in [-0.2, -0.15) is 0 Å². The van der Waals surface area contributed by atoms with Gasteiger partial charge in [-0.3, -0.25) is 4.79 Å². The smallest absolute Gasteiger partial charge is 0.361 e. The molecule has 0 spiro atoms. The molecule has 2 aromatic rings. The molecule has 0 aliphatic carbocycles. The molecule has 182 valence electrons. The molecule has 1 unspecified atom stereocenters. The maximum absolute atomic E-state index is 13.4. The van der Waals surface area contributed by atoms with E-state index >= 15 is 0 Å². The SMILES string of the molecule is COC(=O)C[N+]1(C)CCc2c(c(OC)c3c(c2C(=O)/C=C/c2cccc(OC)c2)OCO3)C1.[Br-]. The minimum Gasteiger partial charge on any atom is -1.00 e. The topological polar surface area (TPSA) is 80.3 Å². The number of fused-ring (bicyclic) bond motifs is 2. The number of halogens is 1. The molecule has 0 saturated heterocycles. The van der Waals surface area contributed by atoms with Gasteiger partial charge in [0.2, 0.25) is 12.5 Å². The number of ketones is 1. The second kappa shape index (κ2) is 10.5. The molecule has 0 saturated carbocycles. The quantitative estimate of drug-likeness (QED) is 0.214. The number of benzene rings is 2. The van der Waals surface area contributed by atoms with Gasteiger partial charge in [0.25, 0.3) is 0 Å². The van der Waals surface area contributed by atoms with Crippen molar-refractivity contribution in [3.8, 4) is 23.0 Å². The van der Waals surface area contributed by atoms with Gasteiger partial charge in [-0.1, -0.05) is 18.2 Å². The summed E-state index contributed by atoms with van der Waals surface area (Å²) in [6, 6.07) is 7.47. The third kappa shape index (κ3) is 4.90. The first-order chi connectivity index (χ1) is 15.9. The normalized spacial score (nSPS) is 18.1. The van der Waals surface area contributed by atoms with Gasteiger partial charge in [0.05, 0.1) is 46.0 Å². The van der Waals surface area contributed by atoms with Crippen molar-refractivity contribution in [1.82, 2.24) is 0 Å². The number of nitrogens with zero attached hydrogens (tertiary/aromatic N) is 1. The van der Waals surface area contributed by atoms with Crippen molar-refractivity contribution in [2.45, 2.75) is 13.0 Å². The summed E-state index contributed by atoms with van der Waals surface area (Å²) in [5.41, 5.74) is 3.07. The van der Waals surface area contributed by atoms with Crippen molar-refractivity contribution in [2.24, 2.45) is 0 Å². The molecule has 0 aromatic heterocycles. The van der Waals surface area contributed by atoms with Crippen LogP contribution in [0.4, 0.5) is 0 Å². The zero-order valence-electron chi connectivity index (χ0n) is 19.7. The Morgan fingerprint density at radius 3 is 2.56 bits per heavy atom. The fourth-order valence-corrected chi connectivity index (χ4v) is 4.47. The van der Waals surface area contributed by atoms with E-state index < -0.39 is 0 Å². The summed E-state index contributed by atoms with van der Waals surface area (Å²) in [7, 11) is 6.55. The van der Waals surface area contributed by atoms with E-state index in [-0.39, 0.29) is 42.1 Å². The lowest BCUT2D eigenvalue weighted by atomic mass is 9.89.